The molecule has 3 aromatic rings. The van der Waals surface area contributed by atoms with Crippen LogP contribution in [0.1, 0.15) is 11.1 Å². The summed E-state index contributed by atoms with van der Waals surface area (Å²) < 4.78 is 39.7. The fourth-order valence-corrected chi connectivity index (χ4v) is 3.82. The van der Waals surface area contributed by atoms with Gasteiger partial charge in [0, 0.05) is 25.8 Å². The summed E-state index contributed by atoms with van der Waals surface area (Å²) in [6.45, 7) is 0.841. The van der Waals surface area contributed by atoms with Crippen LogP contribution in [-0.2, 0) is 23.1 Å². The summed E-state index contributed by atoms with van der Waals surface area (Å²) in [6, 6.07) is 22.3. The molecule has 0 aromatic heterocycles. The standard InChI is InChI=1S/C21H21FN2O2S/c1-24(16-18-5-3-2-4-6-18)27(25,26)21-13-11-20(12-14-21)23-15-17-7-9-19(22)10-8-17/h2-14,23H,15-16H2,1H3. The van der Waals surface area contributed by atoms with Gasteiger partial charge in [-0.25, -0.2) is 12.8 Å². The van der Waals surface area contributed by atoms with E-state index in [4.69, 9.17) is 0 Å². The van der Waals surface area contributed by atoms with Gasteiger partial charge in [-0.1, -0.05) is 42.5 Å². The molecule has 4 nitrogen and oxygen atoms in total. The summed E-state index contributed by atoms with van der Waals surface area (Å²) in [7, 11) is -1.99. The van der Waals surface area contributed by atoms with E-state index < -0.39 is 10.0 Å². The Morgan fingerprint density at radius 2 is 1.48 bits per heavy atom. The third-order valence-electron chi connectivity index (χ3n) is 4.22. The number of nitrogens with zero attached hydrogens (tertiary/aromatic N) is 1. The Labute approximate surface area is 159 Å². The van der Waals surface area contributed by atoms with Crippen LogP contribution in [0.25, 0.3) is 0 Å². The van der Waals surface area contributed by atoms with E-state index in [0.29, 0.717) is 13.1 Å². The van der Waals surface area contributed by atoms with Crippen molar-refractivity contribution in [3.05, 3.63) is 95.8 Å². The molecule has 0 bridgehead atoms. The molecule has 0 atom stereocenters. The number of hydrogen-bond donors (Lipinski definition) is 1. The second kappa shape index (κ2) is 8.33. The normalized spacial score (nSPS) is 11.5. The van der Waals surface area contributed by atoms with Crippen molar-refractivity contribution in [2.75, 3.05) is 12.4 Å². The molecular formula is C21H21FN2O2S. The highest BCUT2D eigenvalue weighted by Crippen LogP contribution is 2.19. The van der Waals surface area contributed by atoms with Gasteiger partial charge in [0.25, 0.3) is 0 Å². The molecule has 0 saturated heterocycles. The predicted octanol–water partition coefficient (Wildman–Crippen LogP) is 4.26. The zero-order chi connectivity index (χ0) is 19.3. The average molecular weight is 384 g/mol. The fourth-order valence-electron chi connectivity index (χ4n) is 2.66. The molecule has 0 saturated carbocycles. The number of anilines is 1. The fraction of sp³-hybridized carbons (Fsp3) is 0.143. The maximum atomic E-state index is 12.9. The smallest absolute Gasteiger partial charge is 0.243 e. The highest BCUT2D eigenvalue weighted by atomic mass is 32.2. The lowest BCUT2D eigenvalue weighted by molar-refractivity contribution is 0.467. The maximum Gasteiger partial charge on any atom is 0.243 e. The molecule has 0 fully saturated rings. The van der Waals surface area contributed by atoms with Crippen LogP contribution in [0.3, 0.4) is 0 Å². The van der Waals surface area contributed by atoms with E-state index in [1.165, 1.54) is 16.4 Å². The van der Waals surface area contributed by atoms with Crippen molar-refractivity contribution in [2.24, 2.45) is 0 Å². The van der Waals surface area contributed by atoms with Crippen molar-refractivity contribution in [3.8, 4) is 0 Å². The quantitative estimate of drug-likeness (QED) is 0.662. The molecule has 0 amide bonds. The minimum absolute atomic E-state index is 0.244. The number of nitrogens with one attached hydrogen (secondary N) is 1. The van der Waals surface area contributed by atoms with Gasteiger partial charge >= 0.3 is 0 Å². The third kappa shape index (κ3) is 4.93. The largest absolute Gasteiger partial charge is 0.381 e. The average Bonchev–Trinajstić information content (AvgIpc) is 2.68. The highest BCUT2D eigenvalue weighted by molar-refractivity contribution is 7.89. The number of halogens is 1. The number of benzene rings is 3. The van der Waals surface area contributed by atoms with Crippen molar-refractivity contribution < 1.29 is 12.8 Å². The van der Waals surface area contributed by atoms with Crippen LogP contribution in [0.2, 0.25) is 0 Å². The molecule has 140 valence electrons. The number of hydrogen-bond acceptors (Lipinski definition) is 3. The van der Waals surface area contributed by atoms with E-state index in [1.807, 2.05) is 30.3 Å². The van der Waals surface area contributed by atoms with Gasteiger partial charge in [-0.3, -0.25) is 0 Å². The van der Waals surface area contributed by atoms with Gasteiger partial charge in [0.2, 0.25) is 10.0 Å². The van der Waals surface area contributed by atoms with E-state index in [-0.39, 0.29) is 10.7 Å². The minimum Gasteiger partial charge on any atom is -0.381 e. The first kappa shape index (κ1) is 19.1. The van der Waals surface area contributed by atoms with Gasteiger partial charge in [0.05, 0.1) is 4.90 Å². The predicted molar refractivity (Wildman–Crippen MR) is 105 cm³/mol. The molecular weight excluding hydrogens is 363 g/mol. The third-order valence-corrected chi connectivity index (χ3v) is 6.04. The summed E-state index contributed by atoms with van der Waals surface area (Å²) in [5.74, 6) is -0.270. The van der Waals surface area contributed by atoms with Crippen molar-refractivity contribution >= 4 is 15.7 Å². The van der Waals surface area contributed by atoms with Crippen LogP contribution in [0.5, 0.6) is 0 Å². The Balaban J connectivity index is 1.65. The molecule has 0 aliphatic heterocycles. The van der Waals surface area contributed by atoms with Gasteiger partial charge in [-0.15, -0.1) is 0 Å². The molecule has 0 unspecified atom stereocenters. The lowest BCUT2D eigenvalue weighted by atomic mass is 10.2. The van der Waals surface area contributed by atoms with Gasteiger partial charge in [-0.2, -0.15) is 4.31 Å². The molecule has 0 aliphatic carbocycles. The highest BCUT2D eigenvalue weighted by Gasteiger charge is 2.20. The van der Waals surface area contributed by atoms with E-state index >= 15 is 0 Å². The summed E-state index contributed by atoms with van der Waals surface area (Å²) in [4.78, 5) is 0.244. The molecule has 0 spiro atoms. The van der Waals surface area contributed by atoms with Gasteiger partial charge in [0.15, 0.2) is 0 Å². The summed E-state index contributed by atoms with van der Waals surface area (Å²) in [5.41, 5.74) is 2.67. The van der Waals surface area contributed by atoms with E-state index in [0.717, 1.165) is 16.8 Å². The Morgan fingerprint density at radius 3 is 2.11 bits per heavy atom. The number of rotatable bonds is 7. The lowest BCUT2D eigenvalue weighted by Gasteiger charge is -2.17. The first-order valence-electron chi connectivity index (χ1n) is 8.54. The molecule has 0 radical (unpaired) electrons. The Hall–Kier alpha value is -2.70. The van der Waals surface area contributed by atoms with E-state index in [9.17, 15) is 12.8 Å². The Kier molecular flexibility index (Phi) is 5.88. The van der Waals surface area contributed by atoms with E-state index in [2.05, 4.69) is 5.32 Å². The van der Waals surface area contributed by atoms with Crippen LogP contribution >= 0.6 is 0 Å². The number of sulfonamides is 1. The van der Waals surface area contributed by atoms with E-state index in [1.54, 1.807) is 43.4 Å². The second-order valence-corrected chi connectivity index (χ2v) is 8.30. The molecule has 27 heavy (non-hydrogen) atoms. The van der Waals surface area contributed by atoms with Crippen molar-refractivity contribution in [3.63, 3.8) is 0 Å². The zero-order valence-corrected chi connectivity index (χ0v) is 15.8. The monoisotopic (exact) mass is 384 g/mol. The SMILES string of the molecule is CN(Cc1ccccc1)S(=O)(=O)c1ccc(NCc2ccc(F)cc2)cc1. The van der Waals surface area contributed by atoms with Crippen LogP contribution < -0.4 is 5.32 Å². The van der Waals surface area contributed by atoms with Crippen LogP contribution in [0.15, 0.2) is 83.8 Å². The molecule has 6 heteroatoms. The van der Waals surface area contributed by atoms with Gasteiger partial charge in [0.1, 0.15) is 5.82 Å². The van der Waals surface area contributed by atoms with Crippen LogP contribution in [0.4, 0.5) is 10.1 Å². The molecule has 3 aromatic carbocycles. The first-order chi connectivity index (χ1) is 12.9. The van der Waals surface area contributed by atoms with Gasteiger partial charge in [-0.05, 0) is 47.5 Å². The van der Waals surface area contributed by atoms with Crippen molar-refractivity contribution in [1.29, 1.82) is 0 Å². The topological polar surface area (TPSA) is 49.4 Å². The molecule has 0 aliphatic rings. The lowest BCUT2D eigenvalue weighted by Crippen LogP contribution is -2.26. The molecule has 3 rings (SSSR count). The maximum absolute atomic E-state index is 12.9. The van der Waals surface area contributed by atoms with Crippen LogP contribution in [-0.4, -0.2) is 19.8 Å². The Bertz CT molecular complexity index is 973. The van der Waals surface area contributed by atoms with Crippen molar-refractivity contribution in [1.82, 2.24) is 4.31 Å². The zero-order valence-electron chi connectivity index (χ0n) is 15.0. The van der Waals surface area contributed by atoms with Crippen LogP contribution in [0, 0.1) is 5.82 Å². The molecule has 1 N–H and O–H groups in total. The first-order valence-corrected chi connectivity index (χ1v) is 9.98. The second-order valence-electron chi connectivity index (χ2n) is 6.25. The summed E-state index contributed by atoms with van der Waals surface area (Å²) in [5, 5.41) is 3.20. The molecule has 0 heterocycles. The summed E-state index contributed by atoms with van der Waals surface area (Å²) in [6.07, 6.45) is 0. The summed E-state index contributed by atoms with van der Waals surface area (Å²) >= 11 is 0. The Morgan fingerprint density at radius 1 is 0.852 bits per heavy atom. The van der Waals surface area contributed by atoms with Gasteiger partial charge < -0.3 is 5.32 Å². The van der Waals surface area contributed by atoms with Crippen molar-refractivity contribution in [2.45, 2.75) is 18.0 Å². The minimum atomic E-state index is -3.56.